The molecule has 320 valence electrons. The van der Waals surface area contributed by atoms with E-state index in [0.29, 0.717) is 46.6 Å². The molecule has 0 N–H and O–H groups in total. The summed E-state index contributed by atoms with van der Waals surface area (Å²) in [5.41, 5.74) is 21.4. The Hall–Kier alpha value is -3.36. The van der Waals surface area contributed by atoms with Crippen LogP contribution in [0, 0.1) is 54.8 Å². The topological polar surface area (TPSA) is 9.23 Å². The summed E-state index contributed by atoms with van der Waals surface area (Å²) in [5.74, 6) is 4.55. The second-order valence-corrected chi connectivity index (χ2v) is 29.0. The van der Waals surface area contributed by atoms with Gasteiger partial charge < -0.3 is 4.74 Å². The Bertz CT molecular complexity index is 2250. The van der Waals surface area contributed by atoms with E-state index in [4.69, 9.17) is 4.74 Å². The lowest BCUT2D eigenvalue weighted by atomic mass is 9.69. The van der Waals surface area contributed by atoms with Gasteiger partial charge in [0.05, 0.1) is 15.2 Å². The standard InChI is InChI=1S/C58H78OSi/c1-34-28-35(2)30-40(29-34)51-45-31-36(3)54(46(45)33-48(53(51)59-14)58(11,12)13)60(15,16)55-37(4)32-47-49(38-20-24-41(25-21-38)56(5,6)7)43-18-17-19-44(43)50(52(47)55)39-22-26-42(27-23-39)57(8,9)10/h20-30,33,36-37,45-47,52,54-55H,17-19,31-32H2,1-16H3. The van der Waals surface area contributed by atoms with Crippen LogP contribution in [0.5, 0.6) is 0 Å². The van der Waals surface area contributed by atoms with Crippen molar-refractivity contribution in [2.75, 3.05) is 7.11 Å². The van der Waals surface area contributed by atoms with Crippen molar-refractivity contribution in [3.8, 4) is 0 Å². The molecule has 3 saturated carbocycles. The van der Waals surface area contributed by atoms with Gasteiger partial charge in [0.1, 0.15) is 5.76 Å². The maximum atomic E-state index is 6.55. The summed E-state index contributed by atoms with van der Waals surface area (Å²) in [6.45, 7) is 36.9. The molecule has 3 aromatic carbocycles. The second kappa shape index (κ2) is 15.2. The molecule has 8 rings (SSSR count). The zero-order valence-electron chi connectivity index (χ0n) is 40.5. The van der Waals surface area contributed by atoms with Gasteiger partial charge in [0.25, 0.3) is 0 Å². The van der Waals surface area contributed by atoms with Gasteiger partial charge in [-0.15, -0.1) is 0 Å². The van der Waals surface area contributed by atoms with Crippen LogP contribution in [0.15, 0.2) is 95.3 Å². The van der Waals surface area contributed by atoms with Gasteiger partial charge in [-0.3, -0.25) is 0 Å². The number of rotatable bonds is 6. The van der Waals surface area contributed by atoms with E-state index in [0.717, 1.165) is 5.76 Å². The lowest BCUT2D eigenvalue weighted by Gasteiger charge is -2.48. The summed E-state index contributed by atoms with van der Waals surface area (Å²) < 4.78 is 6.55. The van der Waals surface area contributed by atoms with Gasteiger partial charge in [-0.25, -0.2) is 0 Å². The molecule has 0 spiro atoms. The van der Waals surface area contributed by atoms with Crippen molar-refractivity contribution in [1.82, 2.24) is 0 Å². The van der Waals surface area contributed by atoms with Crippen molar-refractivity contribution in [1.29, 1.82) is 0 Å². The molecule has 8 unspecified atom stereocenters. The molecule has 0 heterocycles. The van der Waals surface area contributed by atoms with Crippen molar-refractivity contribution in [3.63, 3.8) is 0 Å². The largest absolute Gasteiger partial charge is 0.496 e. The highest BCUT2D eigenvalue weighted by molar-refractivity contribution is 6.80. The number of ether oxygens (including phenoxy) is 1. The van der Waals surface area contributed by atoms with E-state index < -0.39 is 8.07 Å². The highest BCUT2D eigenvalue weighted by atomic mass is 28.3. The number of methoxy groups -OCH3 is 1. The Morgan fingerprint density at radius 1 is 0.567 bits per heavy atom. The number of aryl methyl sites for hydroxylation is 2. The molecule has 2 heteroatoms. The molecule has 60 heavy (non-hydrogen) atoms. The summed E-state index contributed by atoms with van der Waals surface area (Å²) in [7, 11) is -0.113. The molecule has 0 aromatic heterocycles. The molecule has 0 amide bonds. The summed E-state index contributed by atoms with van der Waals surface area (Å²) >= 11 is 0. The Kier molecular flexibility index (Phi) is 10.9. The SMILES string of the molecule is COC1=C(c2cc(C)cc(C)c2)C2CC(C)C([Si](C)(C)C3C(C)CC4C(c5ccc(C(C)(C)C)cc5)=C5CCCC5=C(c5ccc(C(C)(C)C)cc5)C43)C2C=C1C(C)(C)C. The molecule has 3 aromatic rings. The first kappa shape index (κ1) is 43.3. The second-order valence-electron chi connectivity index (χ2n) is 24.1. The normalized spacial score (nSPS) is 28.6. The summed E-state index contributed by atoms with van der Waals surface area (Å²) in [6, 6.07) is 27.1. The fourth-order valence-electron chi connectivity index (χ4n) is 14.2. The molecular weight excluding hydrogens is 741 g/mol. The predicted octanol–water partition coefficient (Wildman–Crippen LogP) is 16.3. The zero-order chi connectivity index (χ0) is 43.4. The van der Waals surface area contributed by atoms with Crippen molar-refractivity contribution >= 4 is 24.8 Å². The first-order chi connectivity index (χ1) is 28.0. The molecule has 5 aliphatic carbocycles. The third-order valence-corrected chi connectivity index (χ3v) is 21.7. The van der Waals surface area contributed by atoms with Crippen LogP contribution in [0.3, 0.4) is 0 Å². The first-order valence-corrected chi connectivity index (χ1v) is 27.0. The van der Waals surface area contributed by atoms with Crippen LogP contribution in [0.1, 0.15) is 147 Å². The van der Waals surface area contributed by atoms with Gasteiger partial charge in [0.2, 0.25) is 0 Å². The fraction of sp³-hybridized carbons (Fsp3) is 0.552. The Balaban J connectivity index is 1.30. The third kappa shape index (κ3) is 7.31. The summed E-state index contributed by atoms with van der Waals surface area (Å²) in [6.07, 6.45) is 9.02. The fourth-order valence-corrected chi connectivity index (χ4v) is 20.5. The first-order valence-electron chi connectivity index (χ1n) is 23.8. The minimum Gasteiger partial charge on any atom is -0.496 e. The van der Waals surface area contributed by atoms with E-state index in [1.165, 1.54) is 82.2 Å². The number of hydrogen-bond acceptors (Lipinski definition) is 1. The van der Waals surface area contributed by atoms with Gasteiger partial charge in [-0.05, 0) is 164 Å². The number of fused-ring (bicyclic) bond motifs is 3. The molecule has 0 bridgehead atoms. The monoisotopic (exact) mass is 819 g/mol. The molecule has 0 aliphatic heterocycles. The molecule has 0 radical (unpaired) electrons. The van der Waals surface area contributed by atoms with E-state index >= 15 is 0 Å². The maximum Gasteiger partial charge on any atom is 0.126 e. The van der Waals surface area contributed by atoms with Gasteiger partial charge in [-0.2, -0.15) is 0 Å². The minimum atomic E-state index is -2.04. The van der Waals surface area contributed by atoms with Gasteiger partial charge in [0.15, 0.2) is 0 Å². The lowest BCUT2D eigenvalue weighted by Crippen LogP contribution is -2.46. The highest BCUT2D eigenvalue weighted by Crippen LogP contribution is 2.69. The zero-order valence-corrected chi connectivity index (χ0v) is 41.5. The molecular formula is C58H78OSi. The quantitative estimate of drug-likeness (QED) is 0.225. The Morgan fingerprint density at radius 3 is 1.55 bits per heavy atom. The third-order valence-electron chi connectivity index (χ3n) is 16.4. The molecule has 0 saturated heterocycles. The van der Waals surface area contributed by atoms with Crippen molar-refractivity contribution in [2.24, 2.45) is 40.9 Å². The Labute approximate surface area is 367 Å². The smallest absolute Gasteiger partial charge is 0.126 e. The molecule has 1 nitrogen and oxygen atoms in total. The van der Waals surface area contributed by atoms with E-state index in [1.54, 1.807) is 22.3 Å². The number of hydrogen-bond donors (Lipinski definition) is 0. The van der Waals surface area contributed by atoms with Crippen molar-refractivity contribution in [3.05, 3.63) is 134 Å². The van der Waals surface area contributed by atoms with Crippen LogP contribution < -0.4 is 0 Å². The number of allylic oxidation sites excluding steroid dienone is 7. The van der Waals surface area contributed by atoms with E-state index in [1.807, 2.05) is 7.11 Å². The maximum absolute atomic E-state index is 6.55. The Morgan fingerprint density at radius 2 is 1.05 bits per heavy atom. The van der Waals surface area contributed by atoms with Gasteiger partial charge in [-0.1, -0.05) is 173 Å². The van der Waals surface area contributed by atoms with Crippen LogP contribution in [-0.4, -0.2) is 15.2 Å². The van der Waals surface area contributed by atoms with Crippen molar-refractivity contribution in [2.45, 2.75) is 157 Å². The van der Waals surface area contributed by atoms with Gasteiger partial charge in [0, 0.05) is 5.57 Å². The van der Waals surface area contributed by atoms with E-state index in [2.05, 4.69) is 176 Å². The van der Waals surface area contributed by atoms with E-state index in [-0.39, 0.29) is 16.2 Å². The highest BCUT2D eigenvalue weighted by Gasteiger charge is 2.61. The lowest BCUT2D eigenvalue weighted by molar-refractivity contribution is 0.274. The average molecular weight is 819 g/mol. The van der Waals surface area contributed by atoms with Crippen LogP contribution >= 0.6 is 0 Å². The molecule has 8 atom stereocenters. The predicted molar refractivity (Wildman–Crippen MR) is 262 cm³/mol. The van der Waals surface area contributed by atoms with Crippen LogP contribution in [-0.2, 0) is 15.6 Å². The van der Waals surface area contributed by atoms with E-state index in [9.17, 15) is 0 Å². The van der Waals surface area contributed by atoms with Crippen LogP contribution in [0.25, 0.3) is 16.7 Å². The average Bonchev–Trinajstić information content (AvgIpc) is 3.86. The summed E-state index contributed by atoms with van der Waals surface area (Å²) in [5, 5.41) is 0. The van der Waals surface area contributed by atoms with Crippen molar-refractivity contribution < 1.29 is 4.74 Å². The van der Waals surface area contributed by atoms with Crippen LogP contribution in [0.2, 0.25) is 24.2 Å². The summed E-state index contributed by atoms with van der Waals surface area (Å²) in [4.78, 5) is 0. The molecule has 5 aliphatic rings. The number of benzene rings is 3. The molecule has 3 fully saturated rings. The van der Waals surface area contributed by atoms with Crippen LogP contribution in [0.4, 0.5) is 0 Å². The minimum absolute atomic E-state index is 0.0183. The van der Waals surface area contributed by atoms with Gasteiger partial charge >= 0.3 is 0 Å².